The number of nitrogens with one attached hydrogen (secondary N) is 2. The van der Waals surface area contributed by atoms with E-state index >= 15 is 0 Å². The van der Waals surface area contributed by atoms with Gasteiger partial charge in [0.2, 0.25) is 0 Å². The highest BCUT2D eigenvalue weighted by Gasteiger charge is 2.12. The highest BCUT2D eigenvalue weighted by molar-refractivity contribution is 6.06. The van der Waals surface area contributed by atoms with E-state index in [-0.39, 0.29) is 11.5 Å². The van der Waals surface area contributed by atoms with Gasteiger partial charge in [-0.3, -0.25) is 9.89 Å². The van der Waals surface area contributed by atoms with Crippen molar-refractivity contribution in [3.05, 3.63) is 42.5 Å². The number of carbonyl (C=O) groups excluding carboxylic acids is 1. The average Bonchev–Trinajstić information content (AvgIpc) is 2.86. The largest absolute Gasteiger partial charge is 0.382 e. The summed E-state index contributed by atoms with van der Waals surface area (Å²) in [4.78, 5) is 19.7. The number of carbonyl (C=O) groups is 1. The lowest BCUT2D eigenvalue weighted by Crippen LogP contribution is -2.16. The minimum Gasteiger partial charge on any atom is -0.382 e. The number of benzene rings is 1. The van der Waals surface area contributed by atoms with Crippen molar-refractivity contribution in [1.29, 1.82) is 0 Å². The van der Waals surface area contributed by atoms with Gasteiger partial charge < -0.3 is 11.1 Å². The van der Waals surface area contributed by atoms with E-state index in [4.69, 9.17) is 5.73 Å². The molecular formula is C12H10N6O. The van der Waals surface area contributed by atoms with E-state index in [0.29, 0.717) is 5.69 Å². The van der Waals surface area contributed by atoms with Gasteiger partial charge in [-0.15, -0.1) is 0 Å². The van der Waals surface area contributed by atoms with Gasteiger partial charge in [-0.1, -0.05) is 0 Å². The van der Waals surface area contributed by atoms with Gasteiger partial charge in [0.1, 0.15) is 0 Å². The number of aromatic nitrogens is 4. The van der Waals surface area contributed by atoms with Crippen LogP contribution in [0.25, 0.3) is 10.9 Å². The van der Waals surface area contributed by atoms with Crippen molar-refractivity contribution < 1.29 is 4.79 Å². The first-order valence-electron chi connectivity index (χ1n) is 5.55. The zero-order valence-corrected chi connectivity index (χ0v) is 9.79. The predicted molar refractivity (Wildman–Crippen MR) is 70.5 cm³/mol. The van der Waals surface area contributed by atoms with Crippen LogP contribution in [0.3, 0.4) is 0 Å². The van der Waals surface area contributed by atoms with Gasteiger partial charge in [0.15, 0.2) is 11.5 Å². The fourth-order valence-corrected chi connectivity index (χ4v) is 1.73. The van der Waals surface area contributed by atoms with Gasteiger partial charge in [0.05, 0.1) is 11.7 Å². The molecule has 7 nitrogen and oxygen atoms in total. The summed E-state index contributed by atoms with van der Waals surface area (Å²) in [5.74, 6) is -0.299. The summed E-state index contributed by atoms with van der Waals surface area (Å²) in [7, 11) is 0. The van der Waals surface area contributed by atoms with Crippen molar-refractivity contribution in [2.45, 2.75) is 0 Å². The molecule has 3 rings (SSSR count). The van der Waals surface area contributed by atoms with E-state index in [1.54, 1.807) is 18.3 Å². The molecule has 3 aromatic rings. The van der Waals surface area contributed by atoms with Gasteiger partial charge in [0.25, 0.3) is 5.91 Å². The quantitative estimate of drug-likeness (QED) is 0.636. The molecule has 0 aliphatic carbocycles. The van der Waals surface area contributed by atoms with E-state index in [9.17, 15) is 4.79 Å². The summed E-state index contributed by atoms with van der Waals surface area (Å²) < 4.78 is 0. The Morgan fingerprint density at radius 1 is 1.26 bits per heavy atom. The molecule has 1 aromatic carbocycles. The molecule has 0 aliphatic heterocycles. The molecule has 2 aromatic heterocycles. The number of anilines is 2. The highest BCUT2D eigenvalue weighted by atomic mass is 16.1. The molecule has 0 radical (unpaired) electrons. The maximum atomic E-state index is 12.0. The van der Waals surface area contributed by atoms with Crippen LogP contribution < -0.4 is 11.1 Å². The molecule has 0 saturated heterocycles. The second-order valence-corrected chi connectivity index (χ2v) is 3.92. The number of nitrogens with zero attached hydrogens (tertiary/aromatic N) is 3. The second-order valence-electron chi connectivity index (χ2n) is 3.92. The van der Waals surface area contributed by atoms with Gasteiger partial charge in [-0.05, 0) is 18.2 Å². The summed E-state index contributed by atoms with van der Waals surface area (Å²) in [5, 5.41) is 10.4. The summed E-state index contributed by atoms with van der Waals surface area (Å²) in [6.07, 6.45) is 4.56. The summed E-state index contributed by atoms with van der Waals surface area (Å²) >= 11 is 0. The van der Waals surface area contributed by atoms with Gasteiger partial charge >= 0.3 is 0 Å². The fourth-order valence-electron chi connectivity index (χ4n) is 1.73. The Hall–Kier alpha value is -2.96. The van der Waals surface area contributed by atoms with Crippen LogP contribution in [0.5, 0.6) is 0 Å². The monoisotopic (exact) mass is 254 g/mol. The smallest absolute Gasteiger partial charge is 0.278 e. The summed E-state index contributed by atoms with van der Waals surface area (Å²) in [6.45, 7) is 0. The van der Waals surface area contributed by atoms with Crippen molar-refractivity contribution >= 4 is 28.3 Å². The molecule has 0 aliphatic rings. The maximum absolute atomic E-state index is 12.0. The Bertz CT molecular complexity index is 751. The zero-order valence-electron chi connectivity index (χ0n) is 9.79. The van der Waals surface area contributed by atoms with E-state index < -0.39 is 5.91 Å². The number of aromatic amines is 1. The number of nitrogen functional groups attached to an aromatic ring is 1. The molecule has 0 saturated carbocycles. The average molecular weight is 254 g/mol. The van der Waals surface area contributed by atoms with Crippen LogP contribution in [0, 0.1) is 0 Å². The molecule has 7 heteroatoms. The van der Waals surface area contributed by atoms with E-state index in [1.807, 2.05) is 6.07 Å². The van der Waals surface area contributed by atoms with Crippen LogP contribution in [-0.4, -0.2) is 26.1 Å². The van der Waals surface area contributed by atoms with Crippen molar-refractivity contribution in [3.63, 3.8) is 0 Å². The molecule has 2 heterocycles. The molecule has 4 N–H and O–H groups in total. The standard InChI is InChI=1S/C12H10N6O/c13-11-10(14-3-4-15-11)12(19)17-8-2-1-7-6-16-18-9(7)5-8/h1-6H,(H2,13,15)(H,16,18)(H,17,19). The van der Waals surface area contributed by atoms with Crippen LogP contribution in [0.2, 0.25) is 0 Å². The van der Waals surface area contributed by atoms with E-state index in [0.717, 1.165) is 10.9 Å². The lowest BCUT2D eigenvalue weighted by molar-refractivity contribution is 0.102. The lowest BCUT2D eigenvalue weighted by Gasteiger charge is -2.05. The van der Waals surface area contributed by atoms with E-state index in [1.165, 1.54) is 12.4 Å². The second kappa shape index (κ2) is 4.37. The third kappa shape index (κ3) is 2.08. The Balaban J connectivity index is 1.88. The Morgan fingerprint density at radius 3 is 2.95 bits per heavy atom. The van der Waals surface area contributed by atoms with Crippen LogP contribution in [-0.2, 0) is 0 Å². The summed E-state index contributed by atoms with van der Waals surface area (Å²) in [6, 6.07) is 5.42. The van der Waals surface area contributed by atoms with E-state index in [2.05, 4.69) is 25.5 Å². The molecule has 19 heavy (non-hydrogen) atoms. The number of fused-ring (bicyclic) bond motifs is 1. The van der Waals surface area contributed by atoms with Crippen LogP contribution in [0.1, 0.15) is 10.5 Å². The lowest BCUT2D eigenvalue weighted by atomic mass is 10.2. The minimum atomic E-state index is -0.399. The topological polar surface area (TPSA) is 110 Å². The van der Waals surface area contributed by atoms with Crippen molar-refractivity contribution in [2.24, 2.45) is 0 Å². The van der Waals surface area contributed by atoms with Crippen LogP contribution in [0.15, 0.2) is 36.8 Å². The number of hydrogen-bond acceptors (Lipinski definition) is 5. The molecule has 0 unspecified atom stereocenters. The molecular weight excluding hydrogens is 244 g/mol. The number of H-pyrrole nitrogens is 1. The molecule has 0 spiro atoms. The first-order valence-corrected chi connectivity index (χ1v) is 5.55. The Labute approximate surface area is 107 Å². The van der Waals surface area contributed by atoms with Crippen molar-refractivity contribution in [2.75, 3.05) is 11.1 Å². The number of hydrogen-bond donors (Lipinski definition) is 3. The highest BCUT2D eigenvalue weighted by Crippen LogP contribution is 2.17. The van der Waals surface area contributed by atoms with Crippen LogP contribution in [0.4, 0.5) is 11.5 Å². The normalized spacial score (nSPS) is 10.5. The molecule has 94 valence electrons. The fraction of sp³-hybridized carbons (Fsp3) is 0. The Morgan fingerprint density at radius 2 is 2.11 bits per heavy atom. The number of amides is 1. The molecule has 0 atom stereocenters. The van der Waals surface area contributed by atoms with Gasteiger partial charge in [0, 0.05) is 23.5 Å². The molecule has 1 amide bonds. The molecule has 0 bridgehead atoms. The Kier molecular flexibility index (Phi) is 2.57. The number of nitrogens with two attached hydrogens (primary N) is 1. The maximum Gasteiger partial charge on any atom is 0.278 e. The zero-order chi connectivity index (χ0) is 13.2. The summed E-state index contributed by atoms with van der Waals surface area (Å²) in [5.41, 5.74) is 7.17. The van der Waals surface area contributed by atoms with Gasteiger partial charge in [-0.25, -0.2) is 9.97 Å². The first-order chi connectivity index (χ1) is 9.24. The first kappa shape index (κ1) is 11.1. The van der Waals surface area contributed by atoms with Gasteiger partial charge in [-0.2, -0.15) is 5.10 Å². The SMILES string of the molecule is Nc1nccnc1C(=O)Nc1ccc2cn[nH]c2c1. The predicted octanol–water partition coefficient (Wildman–Crippen LogP) is 1.19. The molecule has 0 fully saturated rings. The van der Waals surface area contributed by atoms with Crippen LogP contribution >= 0.6 is 0 Å². The third-order valence-corrected chi connectivity index (χ3v) is 2.64. The van der Waals surface area contributed by atoms with Crippen molar-refractivity contribution in [1.82, 2.24) is 20.2 Å². The minimum absolute atomic E-state index is 0.0996. The van der Waals surface area contributed by atoms with Crippen molar-refractivity contribution in [3.8, 4) is 0 Å². The number of rotatable bonds is 2. The third-order valence-electron chi connectivity index (χ3n) is 2.64.